The van der Waals surface area contributed by atoms with Gasteiger partial charge in [-0.1, -0.05) is 29.4 Å². The molecule has 0 aliphatic carbocycles. The minimum absolute atomic E-state index is 0.0806. The van der Waals surface area contributed by atoms with E-state index in [1.807, 2.05) is 0 Å². The van der Waals surface area contributed by atoms with Crippen molar-refractivity contribution < 1.29 is 14.1 Å². The number of rotatable bonds is 4. The van der Waals surface area contributed by atoms with E-state index in [-0.39, 0.29) is 23.5 Å². The van der Waals surface area contributed by atoms with Crippen LogP contribution in [-0.2, 0) is 0 Å². The Labute approximate surface area is 129 Å². The second kappa shape index (κ2) is 6.06. The molecule has 0 saturated heterocycles. The number of carbonyl (C=O) groups excluding carboxylic acids is 1. The van der Waals surface area contributed by atoms with Crippen molar-refractivity contribution >= 4 is 17.6 Å². The molecule has 3 rings (SSSR count). The van der Waals surface area contributed by atoms with Crippen LogP contribution in [0.4, 0.5) is 11.7 Å². The van der Waals surface area contributed by atoms with Gasteiger partial charge in [0.2, 0.25) is 5.89 Å². The molecule has 8 nitrogen and oxygen atoms in total. The zero-order chi connectivity index (χ0) is 16.2. The maximum Gasteiger partial charge on any atom is 0.322 e. The van der Waals surface area contributed by atoms with E-state index in [2.05, 4.69) is 15.5 Å². The Kier molecular flexibility index (Phi) is 3.79. The number of nitro benzene ring substituents is 1. The molecular formula is C15H10N4O4. The second-order valence-electron chi connectivity index (χ2n) is 4.54. The Morgan fingerprint density at radius 1 is 1.09 bits per heavy atom. The van der Waals surface area contributed by atoms with Crippen LogP contribution < -0.4 is 5.32 Å². The molecular weight excluding hydrogens is 300 g/mol. The number of aromatic nitrogens is 2. The average Bonchev–Trinajstić information content (AvgIpc) is 3.04. The van der Waals surface area contributed by atoms with E-state index in [0.29, 0.717) is 11.1 Å². The topological polar surface area (TPSA) is 111 Å². The molecule has 0 atom stereocenters. The van der Waals surface area contributed by atoms with Crippen LogP contribution in [0.2, 0.25) is 0 Å². The lowest BCUT2D eigenvalue weighted by Gasteiger charge is -1.99. The number of hydrogen-bond donors (Lipinski definition) is 1. The number of nitro groups is 1. The fourth-order valence-electron chi connectivity index (χ4n) is 1.90. The molecule has 0 spiro atoms. The summed E-state index contributed by atoms with van der Waals surface area (Å²) in [6.07, 6.45) is 0. The van der Waals surface area contributed by atoms with E-state index < -0.39 is 4.92 Å². The Morgan fingerprint density at radius 3 is 2.61 bits per heavy atom. The van der Waals surface area contributed by atoms with Gasteiger partial charge >= 0.3 is 6.01 Å². The van der Waals surface area contributed by atoms with Gasteiger partial charge in [-0.05, 0) is 18.2 Å². The molecule has 0 fully saturated rings. The van der Waals surface area contributed by atoms with Gasteiger partial charge in [0.15, 0.2) is 0 Å². The summed E-state index contributed by atoms with van der Waals surface area (Å²) in [4.78, 5) is 22.2. The van der Waals surface area contributed by atoms with Crippen LogP contribution in [0.3, 0.4) is 0 Å². The number of hydrogen-bond acceptors (Lipinski definition) is 6. The molecule has 0 radical (unpaired) electrons. The van der Waals surface area contributed by atoms with E-state index in [4.69, 9.17) is 4.42 Å². The highest BCUT2D eigenvalue weighted by atomic mass is 16.6. The van der Waals surface area contributed by atoms with Gasteiger partial charge in [-0.3, -0.25) is 20.2 Å². The van der Waals surface area contributed by atoms with Crippen LogP contribution in [-0.4, -0.2) is 21.0 Å². The Bertz CT molecular complexity index is 861. The molecule has 1 amide bonds. The molecule has 0 aliphatic rings. The molecule has 0 unspecified atom stereocenters. The summed E-state index contributed by atoms with van der Waals surface area (Å²) in [6, 6.07) is 14.3. The van der Waals surface area contributed by atoms with Crippen LogP contribution in [0.1, 0.15) is 10.4 Å². The largest absolute Gasteiger partial charge is 0.403 e. The zero-order valence-corrected chi connectivity index (χ0v) is 11.7. The van der Waals surface area contributed by atoms with Gasteiger partial charge in [0.1, 0.15) is 0 Å². The lowest BCUT2D eigenvalue weighted by molar-refractivity contribution is -0.384. The fraction of sp³-hybridized carbons (Fsp3) is 0. The van der Waals surface area contributed by atoms with E-state index in [0.717, 1.165) is 0 Å². The molecule has 3 aromatic rings. The third kappa shape index (κ3) is 3.21. The number of benzene rings is 2. The van der Waals surface area contributed by atoms with Gasteiger partial charge in [-0.2, -0.15) is 0 Å². The number of non-ortho nitro benzene ring substituents is 1. The monoisotopic (exact) mass is 310 g/mol. The summed E-state index contributed by atoms with van der Waals surface area (Å²) in [5, 5.41) is 20.7. The third-order valence-corrected chi connectivity index (χ3v) is 2.99. The summed E-state index contributed by atoms with van der Waals surface area (Å²) < 4.78 is 5.32. The normalized spacial score (nSPS) is 10.3. The van der Waals surface area contributed by atoms with Gasteiger partial charge in [0.25, 0.3) is 11.6 Å². The van der Waals surface area contributed by atoms with Crippen molar-refractivity contribution in [3.8, 4) is 11.5 Å². The quantitative estimate of drug-likeness (QED) is 0.586. The van der Waals surface area contributed by atoms with Crippen LogP contribution in [0.25, 0.3) is 11.5 Å². The minimum atomic E-state index is -0.516. The van der Waals surface area contributed by atoms with Gasteiger partial charge in [-0.25, -0.2) is 0 Å². The third-order valence-electron chi connectivity index (χ3n) is 2.99. The van der Waals surface area contributed by atoms with Crippen molar-refractivity contribution in [1.29, 1.82) is 0 Å². The molecule has 1 aromatic heterocycles. The van der Waals surface area contributed by atoms with E-state index in [9.17, 15) is 14.9 Å². The number of amides is 1. The number of nitrogens with zero attached hydrogens (tertiary/aromatic N) is 3. The summed E-state index contributed by atoms with van der Waals surface area (Å²) in [6.45, 7) is 0. The Morgan fingerprint density at radius 2 is 1.87 bits per heavy atom. The summed E-state index contributed by atoms with van der Waals surface area (Å²) in [7, 11) is 0. The maximum atomic E-state index is 12.0. The van der Waals surface area contributed by atoms with Gasteiger partial charge < -0.3 is 4.42 Å². The lowest BCUT2D eigenvalue weighted by Crippen LogP contribution is -2.11. The molecule has 23 heavy (non-hydrogen) atoms. The standard InChI is InChI=1S/C15H10N4O4/c20-13(10-5-2-1-3-6-10)16-15-18-17-14(23-15)11-7-4-8-12(9-11)19(21)22/h1-9H,(H,16,18,20). The second-order valence-corrected chi connectivity index (χ2v) is 4.54. The van der Waals surface area contributed by atoms with E-state index >= 15 is 0 Å². The number of anilines is 1. The van der Waals surface area contributed by atoms with Crippen molar-refractivity contribution in [2.75, 3.05) is 5.32 Å². The predicted molar refractivity (Wildman–Crippen MR) is 80.8 cm³/mol. The molecule has 0 bridgehead atoms. The smallest absolute Gasteiger partial charge is 0.322 e. The van der Waals surface area contributed by atoms with Crippen molar-refractivity contribution in [2.45, 2.75) is 0 Å². The highest BCUT2D eigenvalue weighted by Gasteiger charge is 2.14. The Balaban J connectivity index is 1.80. The Hall–Kier alpha value is -3.55. The fourth-order valence-corrected chi connectivity index (χ4v) is 1.90. The minimum Gasteiger partial charge on any atom is -0.403 e. The van der Waals surface area contributed by atoms with Gasteiger partial charge in [0.05, 0.1) is 4.92 Å². The first-order valence-electron chi connectivity index (χ1n) is 6.58. The van der Waals surface area contributed by atoms with Crippen molar-refractivity contribution in [3.05, 3.63) is 70.3 Å². The summed E-state index contributed by atoms with van der Waals surface area (Å²) in [5.74, 6) is -0.308. The van der Waals surface area contributed by atoms with Crippen LogP contribution in [0.5, 0.6) is 0 Å². The number of carbonyl (C=O) groups is 1. The molecule has 2 aromatic carbocycles. The van der Waals surface area contributed by atoms with Gasteiger partial charge in [0, 0.05) is 23.3 Å². The lowest BCUT2D eigenvalue weighted by atomic mass is 10.2. The summed E-state index contributed by atoms with van der Waals surface area (Å²) >= 11 is 0. The van der Waals surface area contributed by atoms with Crippen LogP contribution >= 0.6 is 0 Å². The van der Waals surface area contributed by atoms with E-state index in [1.165, 1.54) is 18.2 Å². The van der Waals surface area contributed by atoms with Crippen LogP contribution in [0, 0.1) is 10.1 Å². The van der Waals surface area contributed by atoms with E-state index in [1.54, 1.807) is 36.4 Å². The van der Waals surface area contributed by atoms with Crippen LogP contribution in [0.15, 0.2) is 59.0 Å². The van der Waals surface area contributed by atoms with Crippen molar-refractivity contribution in [2.24, 2.45) is 0 Å². The molecule has 114 valence electrons. The first-order valence-corrected chi connectivity index (χ1v) is 6.58. The number of nitrogens with one attached hydrogen (secondary N) is 1. The highest BCUT2D eigenvalue weighted by Crippen LogP contribution is 2.24. The average molecular weight is 310 g/mol. The molecule has 8 heteroatoms. The SMILES string of the molecule is O=C(Nc1nnc(-c2cccc([N+](=O)[O-])c2)o1)c1ccccc1. The molecule has 0 aliphatic heterocycles. The maximum absolute atomic E-state index is 12.0. The first kappa shape index (κ1) is 14.4. The first-order chi connectivity index (χ1) is 11.1. The molecule has 1 heterocycles. The molecule has 1 N–H and O–H groups in total. The molecule has 0 saturated carbocycles. The van der Waals surface area contributed by atoms with Crippen molar-refractivity contribution in [3.63, 3.8) is 0 Å². The highest BCUT2D eigenvalue weighted by molar-refractivity contribution is 6.03. The zero-order valence-electron chi connectivity index (χ0n) is 11.7. The predicted octanol–water partition coefficient (Wildman–Crippen LogP) is 2.90. The van der Waals surface area contributed by atoms with Crippen molar-refractivity contribution in [1.82, 2.24) is 10.2 Å². The van der Waals surface area contributed by atoms with Gasteiger partial charge in [-0.15, -0.1) is 5.10 Å². The summed E-state index contributed by atoms with van der Waals surface area (Å²) in [5.41, 5.74) is 0.755.